The Balaban J connectivity index is 2.11. The second-order valence-electron chi connectivity index (χ2n) is 27.8. The van der Waals surface area contributed by atoms with Gasteiger partial charge in [-0.05, 0) is 96.3 Å². The molecule has 1 aliphatic rings. The highest BCUT2D eigenvalue weighted by atomic mass is 16.7. The van der Waals surface area contributed by atoms with Crippen LogP contribution in [0.5, 0.6) is 0 Å². The van der Waals surface area contributed by atoms with Gasteiger partial charge < -0.3 is 40.3 Å². The minimum atomic E-state index is -1.56. The average Bonchev–Trinajstić information content (AvgIpc) is 0.854. The molecule has 0 aromatic rings. The first-order valence-corrected chi connectivity index (χ1v) is 40.9. The standard InChI is InChI=1S/C88H153NO8/c1-3-5-7-9-11-13-15-17-19-21-23-25-27-29-31-33-35-37-38-39-40-41-42-43-44-46-48-50-52-54-56-58-60-62-64-66-68-70-72-74-76-78-84(92)89-81(80-96-88-87(95)86(94)85(93)83(79-90)97-88)82(91)77-75-73-71-69-67-65-63-61-59-57-55-53-51-49-47-45-36-34-32-30-28-26-24-22-20-18-16-14-12-10-8-6-4-2/h5,7,11,13,17,19,23,25,29,31,35,37,39-40,42-43,46,48,52,54,58,60,81-83,85-88,90-91,93-95H,3-4,6,8-10,12,14-16,18,20-22,24,26-28,30,32-34,36,38,41,44-45,47,49-51,53,55-57,59,61-80H2,1-2H3,(H,89,92)/b7-5-,13-11-,19-17-,25-23-,31-29-,37-35-,40-39-,43-42-,48-46-,54-52-,60-58-. The topological polar surface area (TPSA) is 149 Å². The molecule has 0 bridgehead atoms. The minimum absolute atomic E-state index is 0.148. The summed E-state index contributed by atoms with van der Waals surface area (Å²) in [6, 6.07) is -0.737. The van der Waals surface area contributed by atoms with Crippen LogP contribution in [0, 0.1) is 0 Å². The Kier molecular flexibility index (Phi) is 70.6. The van der Waals surface area contributed by atoms with E-state index < -0.39 is 49.5 Å². The van der Waals surface area contributed by atoms with Crippen LogP contribution in [0.3, 0.4) is 0 Å². The van der Waals surface area contributed by atoms with Gasteiger partial charge in [-0.25, -0.2) is 0 Å². The smallest absolute Gasteiger partial charge is 0.220 e. The van der Waals surface area contributed by atoms with Gasteiger partial charge in [0.1, 0.15) is 24.4 Å². The number of allylic oxidation sites excluding steroid dienone is 22. The third kappa shape index (κ3) is 63.0. The normalized spacial score (nSPS) is 18.1. The van der Waals surface area contributed by atoms with Crippen LogP contribution in [0.1, 0.15) is 361 Å². The summed E-state index contributed by atoms with van der Waals surface area (Å²) in [6.45, 7) is 3.75. The number of rotatable bonds is 71. The molecule has 0 spiro atoms. The Morgan fingerprint density at radius 2 is 0.639 bits per heavy atom. The van der Waals surface area contributed by atoms with Gasteiger partial charge in [0.25, 0.3) is 0 Å². The van der Waals surface area contributed by atoms with Crippen LogP contribution in [-0.2, 0) is 14.3 Å². The lowest BCUT2D eigenvalue weighted by molar-refractivity contribution is -0.302. The molecule has 1 heterocycles. The Labute approximate surface area is 598 Å². The highest BCUT2D eigenvalue weighted by Crippen LogP contribution is 2.24. The molecule has 0 aliphatic carbocycles. The second kappa shape index (κ2) is 75.0. The van der Waals surface area contributed by atoms with Gasteiger partial charge >= 0.3 is 0 Å². The first-order chi connectivity index (χ1) is 47.8. The molecule has 1 amide bonds. The fraction of sp³-hybridized carbons (Fsp3) is 0.739. The number of carbonyl (C=O) groups is 1. The van der Waals surface area contributed by atoms with Crippen molar-refractivity contribution in [3.63, 3.8) is 0 Å². The zero-order valence-electron chi connectivity index (χ0n) is 62.8. The molecule has 7 atom stereocenters. The van der Waals surface area contributed by atoms with Crippen LogP contribution < -0.4 is 5.32 Å². The van der Waals surface area contributed by atoms with Crippen molar-refractivity contribution in [3.05, 3.63) is 134 Å². The molecule has 1 aliphatic heterocycles. The predicted octanol–water partition coefficient (Wildman–Crippen LogP) is 23.9. The fourth-order valence-electron chi connectivity index (χ4n) is 12.5. The van der Waals surface area contributed by atoms with Crippen LogP contribution in [0.25, 0.3) is 0 Å². The van der Waals surface area contributed by atoms with Gasteiger partial charge in [-0.3, -0.25) is 4.79 Å². The van der Waals surface area contributed by atoms with Crippen molar-refractivity contribution in [2.75, 3.05) is 13.2 Å². The van der Waals surface area contributed by atoms with Crippen molar-refractivity contribution in [3.8, 4) is 0 Å². The van der Waals surface area contributed by atoms with Crippen molar-refractivity contribution in [2.24, 2.45) is 0 Å². The zero-order valence-corrected chi connectivity index (χ0v) is 62.8. The lowest BCUT2D eigenvalue weighted by atomic mass is 9.99. The first kappa shape index (κ1) is 91.3. The van der Waals surface area contributed by atoms with E-state index in [-0.39, 0.29) is 12.5 Å². The average molecular weight is 1350 g/mol. The summed E-state index contributed by atoms with van der Waals surface area (Å²) in [6.07, 6.45) is 107. The van der Waals surface area contributed by atoms with E-state index in [4.69, 9.17) is 9.47 Å². The van der Waals surface area contributed by atoms with Crippen molar-refractivity contribution in [2.45, 2.75) is 403 Å². The first-order valence-electron chi connectivity index (χ1n) is 40.9. The fourth-order valence-corrected chi connectivity index (χ4v) is 12.5. The quantitative estimate of drug-likeness (QED) is 0.0261. The number of hydrogen-bond donors (Lipinski definition) is 6. The van der Waals surface area contributed by atoms with E-state index in [9.17, 15) is 30.3 Å². The van der Waals surface area contributed by atoms with Gasteiger partial charge in [0.05, 0.1) is 25.4 Å². The molecule has 7 unspecified atom stereocenters. The van der Waals surface area contributed by atoms with Crippen LogP contribution in [-0.4, -0.2) is 87.5 Å². The van der Waals surface area contributed by atoms with Gasteiger partial charge in [0.15, 0.2) is 6.29 Å². The molecule has 9 heteroatoms. The van der Waals surface area contributed by atoms with Crippen molar-refractivity contribution in [1.82, 2.24) is 5.32 Å². The number of nitrogens with one attached hydrogen (secondary N) is 1. The molecule has 0 aromatic carbocycles. The van der Waals surface area contributed by atoms with E-state index in [2.05, 4.69) is 153 Å². The van der Waals surface area contributed by atoms with E-state index in [1.54, 1.807) is 0 Å². The van der Waals surface area contributed by atoms with Crippen molar-refractivity contribution in [1.29, 1.82) is 0 Å². The summed E-state index contributed by atoms with van der Waals surface area (Å²) in [7, 11) is 0. The maximum Gasteiger partial charge on any atom is 0.220 e. The highest BCUT2D eigenvalue weighted by Gasteiger charge is 2.44. The number of carbonyl (C=O) groups excluding carboxylic acids is 1. The third-order valence-corrected chi connectivity index (χ3v) is 18.8. The van der Waals surface area contributed by atoms with E-state index in [1.165, 1.54) is 212 Å². The molecule has 6 N–H and O–H groups in total. The molecule has 0 radical (unpaired) electrons. The minimum Gasteiger partial charge on any atom is -0.394 e. The summed E-state index contributed by atoms with van der Waals surface area (Å²) in [5, 5.41) is 55.1. The molecule has 0 saturated carbocycles. The number of aliphatic hydroxyl groups excluding tert-OH is 5. The van der Waals surface area contributed by atoms with Gasteiger partial charge in [-0.2, -0.15) is 0 Å². The van der Waals surface area contributed by atoms with E-state index >= 15 is 0 Å². The summed E-state index contributed by atoms with van der Waals surface area (Å²) < 4.78 is 11.4. The summed E-state index contributed by atoms with van der Waals surface area (Å²) in [5.41, 5.74) is 0. The van der Waals surface area contributed by atoms with Gasteiger partial charge in [-0.15, -0.1) is 0 Å². The summed E-state index contributed by atoms with van der Waals surface area (Å²) >= 11 is 0. The Bertz CT molecular complexity index is 2010. The van der Waals surface area contributed by atoms with Gasteiger partial charge in [0.2, 0.25) is 5.91 Å². The van der Waals surface area contributed by atoms with Gasteiger partial charge in [-0.1, -0.05) is 392 Å². The summed E-state index contributed by atoms with van der Waals surface area (Å²) in [5.74, 6) is -0.156. The van der Waals surface area contributed by atoms with Crippen molar-refractivity contribution >= 4 is 5.91 Å². The van der Waals surface area contributed by atoms with Crippen LogP contribution >= 0.6 is 0 Å². The molecular weight excluding hydrogens is 1200 g/mol. The molecule has 0 aromatic heterocycles. The molecule has 558 valence electrons. The molecular formula is C88H153NO8. The molecule has 1 rings (SSSR count). The predicted molar refractivity (Wildman–Crippen MR) is 419 cm³/mol. The molecule has 1 fully saturated rings. The Morgan fingerprint density at radius 1 is 0.361 bits per heavy atom. The lowest BCUT2D eigenvalue weighted by Gasteiger charge is -2.40. The van der Waals surface area contributed by atoms with Crippen LogP contribution in [0.2, 0.25) is 0 Å². The number of amides is 1. The largest absolute Gasteiger partial charge is 0.394 e. The van der Waals surface area contributed by atoms with E-state index in [0.717, 1.165) is 122 Å². The molecule has 1 saturated heterocycles. The Morgan fingerprint density at radius 3 is 0.948 bits per heavy atom. The van der Waals surface area contributed by atoms with E-state index in [0.29, 0.717) is 12.8 Å². The summed E-state index contributed by atoms with van der Waals surface area (Å²) in [4.78, 5) is 13.2. The second-order valence-corrected chi connectivity index (χ2v) is 27.8. The van der Waals surface area contributed by atoms with E-state index in [1.807, 2.05) is 0 Å². The SMILES string of the molecule is CC/C=C\C/C=C\C/C=C\C/C=C\C/C=C\C/C=C\C/C=C\C/C=C\C/C=C\C/C=C\C/C=C\CCCCCCCCCC(=O)NC(COC1OC(CO)C(O)C(O)C1O)C(O)CCCCCCCCCCCCCCCCCCCCCCCCCCCCCCCCCCC. The van der Waals surface area contributed by atoms with Crippen LogP contribution in [0.4, 0.5) is 0 Å². The van der Waals surface area contributed by atoms with Crippen molar-refractivity contribution < 1.29 is 39.8 Å². The number of hydrogen-bond acceptors (Lipinski definition) is 8. The third-order valence-electron chi connectivity index (χ3n) is 18.8. The monoisotopic (exact) mass is 1350 g/mol. The van der Waals surface area contributed by atoms with Gasteiger partial charge in [0, 0.05) is 6.42 Å². The number of unbranched alkanes of at least 4 members (excludes halogenated alkanes) is 39. The number of aliphatic hydroxyl groups is 5. The highest BCUT2D eigenvalue weighted by molar-refractivity contribution is 5.76. The lowest BCUT2D eigenvalue weighted by Crippen LogP contribution is -2.60. The molecule has 9 nitrogen and oxygen atoms in total. The Hall–Kier alpha value is -3.67. The maximum atomic E-state index is 13.2. The number of ether oxygens (including phenoxy) is 2. The zero-order chi connectivity index (χ0) is 69.9. The van der Waals surface area contributed by atoms with Crippen LogP contribution in [0.15, 0.2) is 134 Å². The maximum absolute atomic E-state index is 13.2. The molecule has 97 heavy (non-hydrogen) atoms.